The highest BCUT2D eigenvalue weighted by Crippen LogP contribution is 2.29. The number of carbonyl (C=O) groups is 1. The molecule has 2 rings (SSSR count). The second-order valence-corrected chi connectivity index (χ2v) is 4.59. The predicted molar refractivity (Wildman–Crippen MR) is 62.7 cm³/mol. The SMILES string of the molecule is CC(C)c1ccc(OC2CC2)cc1C(N)=O. The maximum Gasteiger partial charge on any atom is 0.249 e. The molecule has 1 saturated carbocycles. The van der Waals surface area contributed by atoms with Crippen molar-refractivity contribution in [3.63, 3.8) is 0 Å². The van der Waals surface area contributed by atoms with E-state index in [2.05, 4.69) is 0 Å². The lowest BCUT2D eigenvalue weighted by molar-refractivity contribution is 0.0998. The molecule has 0 aliphatic heterocycles. The molecule has 0 unspecified atom stereocenters. The van der Waals surface area contributed by atoms with Gasteiger partial charge in [-0.3, -0.25) is 4.79 Å². The number of hydrogen-bond donors (Lipinski definition) is 1. The lowest BCUT2D eigenvalue weighted by atomic mass is 9.96. The van der Waals surface area contributed by atoms with Crippen molar-refractivity contribution in [3.8, 4) is 5.75 Å². The van der Waals surface area contributed by atoms with Crippen LogP contribution in [0.1, 0.15) is 48.5 Å². The smallest absolute Gasteiger partial charge is 0.249 e. The van der Waals surface area contributed by atoms with Gasteiger partial charge in [-0.2, -0.15) is 0 Å². The minimum atomic E-state index is -0.384. The first-order valence-corrected chi connectivity index (χ1v) is 5.68. The van der Waals surface area contributed by atoms with Crippen molar-refractivity contribution in [1.29, 1.82) is 0 Å². The van der Waals surface area contributed by atoms with E-state index in [9.17, 15) is 4.79 Å². The van der Waals surface area contributed by atoms with Crippen LogP contribution in [0.5, 0.6) is 5.75 Å². The van der Waals surface area contributed by atoms with Gasteiger partial charge in [-0.1, -0.05) is 19.9 Å². The predicted octanol–water partition coefficient (Wildman–Crippen LogP) is 2.45. The van der Waals surface area contributed by atoms with Gasteiger partial charge in [0.2, 0.25) is 5.91 Å². The summed E-state index contributed by atoms with van der Waals surface area (Å²) in [6, 6.07) is 5.61. The Hall–Kier alpha value is -1.51. The van der Waals surface area contributed by atoms with Gasteiger partial charge in [0.15, 0.2) is 0 Å². The summed E-state index contributed by atoms with van der Waals surface area (Å²) in [6.07, 6.45) is 2.56. The molecule has 0 aromatic heterocycles. The average Bonchev–Trinajstić information content (AvgIpc) is 3.01. The van der Waals surface area contributed by atoms with E-state index in [-0.39, 0.29) is 11.8 Å². The Morgan fingerprint density at radius 2 is 2.12 bits per heavy atom. The number of nitrogens with two attached hydrogens (primary N) is 1. The molecule has 1 aromatic rings. The van der Waals surface area contributed by atoms with E-state index < -0.39 is 0 Å². The van der Waals surface area contributed by atoms with E-state index in [0.29, 0.717) is 11.7 Å². The number of hydrogen-bond acceptors (Lipinski definition) is 2. The number of carbonyl (C=O) groups excluding carboxylic acids is 1. The van der Waals surface area contributed by atoms with Crippen LogP contribution >= 0.6 is 0 Å². The molecule has 0 spiro atoms. The van der Waals surface area contributed by atoms with Gasteiger partial charge in [-0.15, -0.1) is 0 Å². The Morgan fingerprint density at radius 3 is 2.62 bits per heavy atom. The normalized spacial score (nSPS) is 15.2. The van der Waals surface area contributed by atoms with Gasteiger partial charge in [0.05, 0.1) is 6.10 Å². The van der Waals surface area contributed by atoms with Crippen LogP contribution in [-0.2, 0) is 0 Å². The highest BCUT2D eigenvalue weighted by molar-refractivity contribution is 5.95. The minimum absolute atomic E-state index is 0.289. The van der Waals surface area contributed by atoms with Gasteiger partial charge in [0.25, 0.3) is 0 Å². The zero-order valence-electron chi connectivity index (χ0n) is 9.69. The van der Waals surface area contributed by atoms with E-state index >= 15 is 0 Å². The fourth-order valence-electron chi connectivity index (χ4n) is 1.70. The van der Waals surface area contributed by atoms with Crippen LogP contribution in [-0.4, -0.2) is 12.0 Å². The molecule has 2 N–H and O–H groups in total. The zero-order valence-corrected chi connectivity index (χ0v) is 9.69. The minimum Gasteiger partial charge on any atom is -0.490 e. The van der Waals surface area contributed by atoms with Crippen molar-refractivity contribution in [2.45, 2.75) is 38.7 Å². The standard InChI is InChI=1S/C13H17NO2/c1-8(2)11-6-5-10(16-9-3-4-9)7-12(11)13(14)15/h5-9H,3-4H2,1-2H3,(H2,14,15). The second-order valence-electron chi connectivity index (χ2n) is 4.59. The van der Waals surface area contributed by atoms with Gasteiger partial charge in [0.1, 0.15) is 5.75 Å². The summed E-state index contributed by atoms with van der Waals surface area (Å²) >= 11 is 0. The van der Waals surface area contributed by atoms with E-state index in [1.807, 2.05) is 26.0 Å². The molecule has 1 amide bonds. The molecule has 0 radical (unpaired) electrons. The Bertz CT molecular complexity index is 408. The molecule has 0 heterocycles. The number of benzene rings is 1. The molecule has 0 bridgehead atoms. The third kappa shape index (κ3) is 2.35. The molecule has 1 fully saturated rings. The molecule has 0 saturated heterocycles. The molecule has 1 aliphatic carbocycles. The van der Waals surface area contributed by atoms with Crippen molar-refractivity contribution >= 4 is 5.91 Å². The molecule has 0 atom stereocenters. The Morgan fingerprint density at radius 1 is 1.44 bits per heavy atom. The summed E-state index contributed by atoms with van der Waals surface area (Å²) in [5.41, 5.74) is 6.93. The molecular weight excluding hydrogens is 202 g/mol. The van der Waals surface area contributed by atoms with Crippen molar-refractivity contribution in [1.82, 2.24) is 0 Å². The van der Waals surface area contributed by atoms with Crippen LogP contribution in [0.4, 0.5) is 0 Å². The fraction of sp³-hybridized carbons (Fsp3) is 0.462. The van der Waals surface area contributed by atoms with E-state index in [0.717, 1.165) is 24.2 Å². The summed E-state index contributed by atoms with van der Waals surface area (Å²) in [7, 11) is 0. The second kappa shape index (κ2) is 4.16. The van der Waals surface area contributed by atoms with Gasteiger partial charge >= 0.3 is 0 Å². The van der Waals surface area contributed by atoms with Crippen molar-refractivity contribution in [3.05, 3.63) is 29.3 Å². The molecular formula is C13H17NO2. The zero-order chi connectivity index (χ0) is 11.7. The monoisotopic (exact) mass is 219 g/mol. The quantitative estimate of drug-likeness (QED) is 0.845. The van der Waals surface area contributed by atoms with Crippen molar-refractivity contribution in [2.75, 3.05) is 0 Å². The highest BCUT2D eigenvalue weighted by Gasteiger charge is 2.24. The first-order valence-electron chi connectivity index (χ1n) is 5.68. The first-order chi connectivity index (χ1) is 7.58. The molecule has 3 nitrogen and oxygen atoms in total. The van der Waals surface area contributed by atoms with E-state index in [1.165, 1.54) is 0 Å². The van der Waals surface area contributed by atoms with Gasteiger partial charge in [-0.05, 0) is 36.5 Å². The van der Waals surface area contributed by atoms with Crippen LogP contribution in [0.3, 0.4) is 0 Å². The number of ether oxygens (including phenoxy) is 1. The average molecular weight is 219 g/mol. The summed E-state index contributed by atoms with van der Waals surface area (Å²) < 4.78 is 5.64. The fourth-order valence-corrected chi connectivity index (χ4v) is 1.70. The third-order valence-corrected chi connectivity index (χ3v) is 2.74. The van der Waals surface area contributed by atoms with Crippen LogP contribution in [0, 0.1) is 0 Å². The van der Waals surface area contributed by atoms with Crippen LogP contribution in [0.15, 0.2) is 18.2 Å². The van der Waals surface area contributed by atoms with Gasteiger partial charge in [-0.25, -0.2) is 0 Å². The summed E-state index contributed by atoms with van der Waals surface area (Å²) in [5, 5.41) is 0. The molecule has 1 aliphatic rings. The third-order valence-electron chi connectivity index (χ3n) is 2.74. The Kier molecular flexibility index (Phi) is 2.86. The van der Waals surface area contributed by atoms with Crippen LogP contribution in [0.2, 0.25) is 0 Å². The van der Waals surface area contributed by atoms with Gasteiger partial charge < -0.3 is 10.5 Å². The molecule has 3 heteroatoms. The number of amides is 1. The van der Waals surface area contributed by atoms with Crippen LogP contribution in [0.25, 0.3) is 0 Å². The topological polar surface area (TPSA) is 52.3 Å². The maximum atomic E-state index is 11.3. The number of rotatable bonds is 4. The lowest BCUT2D eigenvalue weighted by Gasteiger charge is -2.12. The van der Waals surface area contributed by atoms with E-state index in [4.69, 9.17) is 10.5 Å². The molecule has 86 valence electrons. The van der Waals surface area contributed by atoms with E-state index in [1.54, 1.807) is 6.07 Å². The first kappa shape index (κ1) is 11.0. The summed E-state index contributed by atoms with van der Waals surface area (Å²) in [4.78, 5) is 11.3. The summed E-state index contributed by atoms with van der Waals surface area (Å²) in [6.45, 7) is 4.09. The number of primary amides is 1. The summed E-state index contributed by atoms with van der Waals surface area (Å²) in [5.74, 6) is 0.656. The highest BCUT2D eigenvalue weighted by atomic mass is 16.5. The van der Waals surface area contributed by atoms with Gasteiger partial charge in [0, 0.05) is 5.56 Å². The van der Waals surface area contributed by atoms with Crippen molar-refractivity contribution < 1.29 is 9.53 Å². The largest absolute Gasteiger partial charge is 0.490 e. The lowest BCUT2D eigenvalue weighted by Crippen LogP contribution is -2.14. The molecule has 1 aromatic carbocycles. The molecule has 16 heavy (non-hydrogen) atoms. The Labute approximate surface area is 95.6 Å². The van der Waals surface area contributed by atoms with Crippen molar-refractivity contribution in [2.24, 2.45) is 5.73 Å². The Balaban J connectivity index is 2.30. The van der Waals surface area contributed by atoms with Crippen LogP contribution < -0.4 is 10.5 Å². The maximum absolute atomic E-state index is 11.3.